The molecule has 0 aliphatic rings. The molecule has 2 aromatic rings. The van der Waals surface area contributed by atoms with Crippen molar-refractivity contribution in [3.8, 4) is 0 Å². The van der Waals surface area contributed by atoms with Crippen molar-refractivity contribution >= 4 is 35.0 Å². The number of aromatic amines is 1. The molecule has 1 aromatic carbocycles. The molecule has 0 saturated heterocycles. The minimum atomic E-state index is -0.485. The lowest BCUT2D eigenvalue weighted by atomic mass is 10.1. The molecule has 3 N–H and O–H groups in total. The Kier molecular flexibility index (Phi) is 6.22. The lowest BCUT2D eigenvalue weighted by Crippen LogP contribution is -2.37. The summed E-state index contributed by atoms with van der Waals surface area (Å²) >= 11 is 11.7. The van der Waals surface area contributed by atoms with Crippen molar-refractivity contribution in [1.29, 1.82) is 0 Å². The Hall–Kier alpha value is -2.31. The number of pyridine rings is 1. The third kappa shape index (κ3) is 5.08. The highest BCUT2D eigenvalue weighted by Crippen LogP contribution is 2.20. The average Bonchev–Trinajstić information content (AvgIpc) is 2.51. The topological polar surface area (TPSA) is 91.1 Å². The molecule has 2 amide bonds. The molecule has 0 unspecified atom stereocenters. The van der Waals surface area contributed by atoms with Crippen molar-refractivity contribution in [3.05, 3.63) is 67.0 Å². The van der Waals surface area contributed by atoms with Gasteiger partial charge in [0.1, 0.15) is 0 Å². The van der Waals surface area contributed by atoms with E-state index in [1.165, 1.54) is 18.2 Å². The molecule has 1 aromatic heterocycles. The summed E-state index contributed by atoms with van der Waals surface area (Å²) in [4.78, 5) is 38.5. The molecule has 0 spiro atoms. The molecule has 0 fully saturated rings. The van der Waals surface area contributed by atoms with Crippen LogP contribution in [0.25, 0.3) is 0 Å². The van der Waals surface area contributed by atoms with Crippen LogP contribution >= 0.6 is 23.2 Å². The zero-order valence-electron chi connectivity index (χ0n) is 13.7. The Labute approximate surface area is 154 Å². The quantitative estimate of drug-likeness (QED) is 0.742. The Bertz CT molecular complexity index is 878. The third-order valence-electron chi connectivity index (χ3n) is 3.54. The number of aryl methyl sites for hydroxylation is 2. The molecule has 0 saturated carbocycles. The summed E-state index contributed by atoms with van der Waals surface area (Å²) in [5.41, 5.74) is 2.01. The fourth-order valence-electron chi connectivity index (χ4n) is 2.28. The first kappa shape index (κ1) is 19.0. The van der Waals surface area contributed by atoms with Crippen molar-refractivity contribution in [1.82, 2.24) is 15.6 Å². The van der Waals surface area contributed by atoms with E-state index in [1.54, 1.807) is 13.8 Å². The number of hydrogen-bond acceptors (Lipinski definition) is 3. The zero-order chi connectivity index (χ0) is 18.6. The smallest absolute Gasteiger partial charge is 0.253 e. The van der Waals surface area contributed by atoms with Crippen molar-refractivity contribution in [3.63, 3.8) is 0 Å². The second-order valence-corrected chi connectivity index (χ2v) is 6.37. The molecule has 25 heavy (non-hydrogen) atoms. The van der Waals surface area contributed by atoms with E-state index in [1.807, 2.05) is 6.07 Å². The first-order valence-corrected chi connectivity index (χ1v) is 8.23. The molecule has 1 heterocycles. The fraction of sp³-hybridized carbons (Fsp3) is 0.235. The van der Waals surface area contributed by atoms with E-state index in [0.29, 0.717) is 10.6 Å². The maximum Gasteiger partial charge on any atom is 0.253 e. The Morgan fingerprint density at radius 3 is 2.48 bits per heavy atom. The Morgan fingerprint density at radius 1 is 1.12 bits per heavy atom. The second kappa shape index (κ2) is 8.18. The summed E-state index contributed by atoms with van der Waals surface area (Å²) in [6, 6.07) is 6.29. The van der Waals surface area contributed by atoms with Gasteiger partial charge >= 0.3 is 0 Å². The second-order valence-electron chi connectivity index (χ2n) is 5.53. The van der Waals surface area contributed by atoms with E-state index < -0.39 is 11.8 Å². The number of aromatic nitrogens is 1. The van der Waals surface area contributed by atoms with Crippen LogP contribution < -0.4 is 16.2 Å². The molecule has 8 heteroatoms. The van der Waals surface area contributed by atoms with Crippen LogP contribution in [0.3, 0.4) is 0 Å². The maximum absolute atomic E-state index is 12.0. The molecule has 0 atom stereocenters. The largest absolute Gasteiger partial charge is 0.350 e. The minimum absolute atomic E-state index is 0.0812. The number of H-pyrrole nitrogens is 1. The van der Waals surface area contributed by atoms with E-state index in [4.69, 9.17) is 23.2 Å². The summed E-state index contributed by atoms with van der Waals surface area (Å²) in [5.74, 6) is -0.904. The van der Waals surface area contributed by atoms with Crippen molar-refractivity contribution < 1.29 is 9.59 Å². The van der Waals surface area contributed by atoms with Gasteiger partial charge in [0.05, 0.1) is 17.1 Å². The number of carbonyl (C=O) groups excluding carboxylic acids is 2. The summed E-state index contributed by atoms with van der Waals surface area (Å²) in [6.45, 7) is 3.43. The number of rotatable bonds is 5. The van der Waals surface area contributed by atoms with Crippen molar-refractivity contribution in [2.24, 2.45) is 0 Å². The Morgan fingerprint density at radius 2 is 1.84 bits per heavy atom. The monoisotopic (exact) mass is 381 g/mol. The van der Waals surface area contributed by atoms with Crippen LogP contribution in [0.5, 0.6) is 0 Å². The minimum Gasteiger partial charge on any atom is -0.350 e. The van der Waals surface area contributed by atoms with E-state index in [2.05, 4.69) is 15.6 Å². The number of nitrogens with one attached hydrogen (secondary N) is 3. The molecule has 0 aliphatic carbocycles. The van der Waals surface area contributed by atoms with Gasteiger partial charge in [0.25, 0.3) is 11.5 Å². The molecular weight excluding hydrogens is 365 g/mol. The number of halogens is 2. The first-order valence-electron chi connectivity index (χ1n) is 7.47. The van der Waals surface area contributed by atoms with E-state index >= 15 is 0 Å². The SMILES string of the molecule is Cc1cc(C)c(CNC(=O)CNC(=O)c2ccc(Cl)cc2Cl)c(=O)[nH]1. The van der Waals surface area contributed by atoms with Crippen LogP contribution in [0, 0.1) is 13.8 Å². The summed E-state index contributed by atoms with van der Waals surface area (Å²) in [5, 5.41) is 5.69. The van der Waals surface area contributed by atoms with E-state index in [9.17, 15) is 14.4 Å². The highest BCUT2D eigenvalue weighted by atomic mass is 35.5. The van der Waals surface area contributed by atoms with E-state index in [0.717, 1.165) is 11.3 Å². The third-order valence-corrected chi connectivity index (χ3v) is 4.09. The fourth-order valence-corrected chi connectivity index (χ4v) is 2.77. The molecule has 6 nitrogen and oxygen atoms in total. The summed E-state index contributed by atoms with van der Waals surface area (Å²) < 4.78 is 0. The van der Waals surface area contributed by atoms with Gasteiger partial charge in [0, 0.05) is 22.8 Å². The van der Waals surface area contributed by atoms with Crippen LogP contribution in [0.1, 0.15) is 27.2 Å². The molecule has 0 aliphatic heterocycles. The number of benzene rings is 1. The van der Waals surface area contributed by atoms with Crippen LogP contribution in [0.2, 0.25) is 10.0 Å². The standard InChI is InChI=1S/C17H17Cl2N3O3/c1-9-5-10(2)22-17(25)13(9)7-20-15(23)8-21-16(24)12-4-3-11(18)6-14(12)19/h3-6H,7-8H2,1-2H3,(H,20,23)(H,21,24)(H,22,25). The molecule has 0 radical (unpaired) electrons. The van der Waals surface area contributed by atoms with Crippen LogP contribution in [-0.2, 0) is 11.3 Å². The lowest BCUT2D eigenvalue weighted by molar-refractivity contribution is -0.120. The lowest BCUT2D eigenvalue weighted by Gasteiger charge is -2.09. The number of amides is 2. The normalized spacial score (nSPS) is 10.4. The molecular formula is C17H17Cl2N3O3. The highest BCUT2D eigenvalue weighted by Gasteiger charge is 2.13. The Balaban J connectivity index is 1.91. The first-order chi connectivity index (χ1) is 11.8. The maximum atomic E-state index is 12.0. The van der Waals surface area contributed by atoms with Gasteiger partial charge in [-0.15, -0.1) is 0 Å². The summed E-state index contributed by atoms with van der Waals surface area (Å²) in [6.07, 6.45) is 0. The molecule has 2 rings (SSSR count). The van der Waals surface area contributed by atoms with Gasteiger partial charge in [0.15, 0.2) is 0 Å². The van der Waals surface area contributed by atoms with Gasteiger partial charge in [-0.25, -0.2) is 0 Å². The van der Waals surface area contributed by atoms with Gasteiger partial charge in [-0.05, 0) is 43.7 Å². The van der Waals surface area contributed by atoms with Gasteiger partial charge < -0.3 is 15.6 Å². The summed E-state index contributed by atoms with van der Waals surface area (Å²) in [7, 11) is 0. The van der Waals surface area contributed by atoms with Gasteiger partial charge in [-0.1, -0.05) is 23.2 Å². The van der Waals surface area contributed by atoms with Crippen molar-refractivity contribution in [2.45, 2.75) is 20.4 Å². The predicted molar refractivity (Wildman–Crippen MR) is 97.2 cm³/mol. The van der Waals surface area contributed by atoms with Crippen molar-refractivity contribution in [2.75, 3.05) is 6.54 Å². The van der Waals surface area contributed by atoms with Gasteiger partial charge in [-0.2, -0.15) is 0 Å². The van der Waals surface area contributed by atoms with Crippen LogP contribution in [-0.4, -0.2) is 23.3 Å². The zero-order valence-corrected chi connectivity index (χ0v) is 15.2. The van der Waals surface area contributed by atoms with E-state index in [-0.39, 0.29) is 29.2 Å². The highest BCUT2D eigenvalue weighted by molar-refractivity contribution is 6.36. The average molecular weight is 382 g/mol. The number of carbonyl (C=O) groups is 2. The van der Waals surface area contributed by atoms with Gasteiger partial charge in [-0.3, -0.25) is 14.4 Å². The van der Waals surface area contributed by atoms with Crippen LogP contribution in [0.15, 0.2) is 29.1 Å². The number of hydrogen-bond donors (Lipinski definition) is 3. The molecule has 132 valence electrons. The van der Waals surface area contributed by atoms with Crippen LogP contribution in [0.4, 0.5) is 0 Å². The molecule has 0 bridgehead atoms. The predicted octanol–water partition coefficient (Wildman–Crippen LogP) is 2.34. The van der Waals surface area contributed by atoms with Gasteiger partial charge in [0.2, 0.25) is 5.91 Å².